The number of aliphatic hydroxyl groups excluding tert-OH is 1. The molecule has 2 heterocycles. The van der Waals surface area contributed by atoms with Crippen LogP contribution >= 0.6 is 0 Å². The lowest BCUT2D eigenvalue weighted by Crippen LogP contribution is -2.25. The summed E-state index contributed by atoms with van der Waals surface area (Å²) in [6, 6.07) is 4.77. The number of hydrogen-bond donors (Lipinski definition) is 2. The number of hydrogen-bond acceptors (Lipinski definition) is 2. The number of carboxylic acid groups (broad SMARTS) is 1. The second-order valence-electron chi connectivity index (χ2n) is 6.42. The molecule has 1 aliphatic carbocycles. The highest BCUT2D eigenvalue weighted by atomic mass is 19.1. The van der Waals surface area contributed by atoms with Gasteiger partial charge in [-0.25, -0.2) is 0 Å². The van der Waals surface area contributed by atoms with E-state index < -0.39 is 23.9 Å². The highest BCUT2D eigenvalue weighted by Gasteiger charge is 2.35. The Balaban J connectivity index is 2.34. The highest BCUT2D eigenvalue weighted by molar-refractivity contribution is 5.82. The first kappa shape index (κ1) is 16.0. The van der Waals surface area contributed by atoms with Crippen molar-refractivity contribution < 1.29 is 19.4 Å². The average Bonchev–Trinajstić information content (AvgIpc) is 2.84. The first-order valence-electron chi connectivity index (χ1n) is 8.19. The molecule has 0 aliphatic heterocycles. The van der Waals surface area contributed by atoms with E-state index in [9.17, 15) is 19.4 Å². The fraction of sp³-hybridized carbons (Fsp3) is 0.500. The summed E-state index contributed by atoms with van der Waals surface area (Å²) in [4.78, 5) is 11.8. The molecule has 1 aliphatic rings. The zero-order chi connectivity index (χ0) is 16.7. The van der Waals surface area contributed by atoms with E-state index >= 15 is 0 Å². The van der Waals surface area contributed by atoms with E-state index in [2.05, 4.69) is 0 Å². The van der Waals surface area contributed by atoms with Gasteiger partial charge in [-0.15, -0.1) is 0 Å². The average molecular weight is 319 g/mol. The van der Waals surface area contributed by atoms with Crippen molar-refractivity contribution in [2.45, 2.75) is 57.5 Å². The van der Waals surface area contributed by atoms with Gasteiger partial charge in [0, 0.05) is 11.6 Å². The molecule has 2 aromatic heterocycles. The van der Waals surface area contributed by atoms with Gasteiger partial charge in [0.15, 0.2) is 5.95 Å². The molecular weight excluding hydrogens is 297 g/mol. The number of nitrogens with zero attached hydrogens (tertiary/aromatic N) is 1. The summed E-state index contributed by atoms with van der Waals surface area (Å²) in [5, 5.41) is 19.9. The molecule has 3 atom stereocenters. The van der Waals surface area contributed by atoms with Gasteiger partial charge in [-0.05, 0) is 42.5 Å². The fourth-order valence-electron chi connectivity index (χ4n) is 3.90. The van der Waals surface area contributed by atoms with Gasteiger partial charge < -0.3 is 10.2 Å². The minimum absolute atomic E-state index is 0.215. The third-order valence-electron chi connectivity index (χ3n) is 5.02. The van der Waals surface area contributed by atoms with E-state index in [1.165, 1.54) is 10.5 Å². The van der Waals surface area contributed by atoms with E-state index in [-0.39, 0.29) is 5.92 Å². The van der Waals surface area contributed by atoms with Crippen LogP contribution in [0.15, 0.2) is 18.2 Å². The van der Waals surface area contributed by atoms with Gasteiger partial charge in [-0.3, -0.25) is 9.20 Å². The Morgan fingerprint density at radius 3 is 2.87 bits per heavy atom. The summed E-state index contributed by atoms with van der Waals surface area (Å²) in [5.41, 5.74) is 2.99. The van der Waals surface area contributed by atoms with Crippen molar-refractivity contribution in [3.05, 3.63) is 41.0 Å². The van der Waals surface area contributed by atoms with Gasteiger partial charge in [0.05, 0.1) is 17.5 Å². The zero-order valence-corrected chi connectivity index (χ0v) is 13.4. The molecule has 4 nitrogen and oxygen atoms in total. The zero-order valence-electron chi connectivity index (χ0n) is 13.4. The van der Waals surface area contributed by atoms with Gasteiger partial charge in [-0.1, -0.05) is 26.3 Å². The van der Waals surface area contributed by atoms with E-state index in [4.69, 9.17) is 0 Å². The molecule has 2 aromatic rings. The smallest absolute Gasteiger partial charge is 0.311 e. The molecule has 0 spiro atoms. The Bertz CT molecular complexity index is 752. The van der Waals surface area contributed by atoms with Crippen LogP contribution in [-0.2, 0) is 11.2 Å². The molecule has 5 heteroatoms. The quantitative estimate of drug-likeness (QED) is 0.848. The number of aliphatic hydroxyl groups is 1. The molecule has 0 radical (unpaired) electrons. The predicted octanol–water partition coefficient (Wildman–Crippen LogP) is 3.46. The first-order valence-corrected chi connectivity index (χ1v) is 8.19. The molecule has 3 unspecified atom stereocenters. The van der Waals surface area contributed by atoms with Crippen molar-refractivity contribution in [2.24, 2.45) is 0 Å². The number of rotatable bonds is 4. The molecule has 0 aromatic carbocycles. The summed E-state index contributed by atoms with van der Waals surface area (Å²) < 4.78 is 16.0. The molecule has 0 amide bonds. The van der Waals surface area contributed by atoms with Crippen molar-refractivity contribution in [1.29, 1.82) is 0 Å². The lowest BCUT2D eigenvalue weighted by atomic mass is 9.81. The van der Waals surface area contributed by atoms with Crippen molar-refractivity contribution in [3.63, 3.8) is 0 Å². The van der Waals surface area contributed by atoms with Crippen LogP contribution in [0.4, 0.5) is 4.39 Å². The van der Waals surface area contributed by atoms with Crippen molar-refractivity contribution in [1.82, 2.24) is 4.40 Å². The molecule has 0 fully saturated rings. The summed E-state index contributed by atoms with van der Waals surface area (Å²) >= 11 is 0. The minimum Gasteiger partial charge on any atom is -0.481 e. The largest absolute Gasteiger partial charge is 0.481 e. The third kappa shape index (κ3) is 2.43. The number of halogens is 1. The molecule has 0 saturated carbocycles. The Labute approximate surface area is 134 Å². The Morgan fingerprint density at radius 2 is 2.22 bits per heavy atom. The topological polar surface area (TPSA) is 61.9 Å². The maximum atomic E-state index is 14.5. The molecule has 2 N–H and O–H groups in total. The Morgan fingerprint density at radius 1 is 1.48 bits per heavy atom. The summed E-state index contributed by atoms with van der Waals surface area (Å²) in [6.45, 7) is 3.83. The Hall–Kier alpha value is -1.88. The monoisotopic (exact) mass is 319 g/mol. The number of aliphatic carboxylic acids is 1. The summed E-state index contributed by atoms with van der Waals surface area (Å²) in [7, 11) is 0. The van der Waals surface area contributed by atoms with Gasteiger partial charge in [0.25, 0.3) is 0 Å². The molecule has 124 valence electrons. The SMILES string of the molecule is CCCC(C(=O)O)c1c2c(n3c(F)cccc13)C(C)C(O)CC2. The number of carbonyl (C=O) groups is 1. The van der Waals surface area contributed by atoms with Crippen molar-refractivity contribution in [2.75, 3.05) is 0 Å². The number of fused-ring (bicyclic) bond motifs is 3. The molecular formula is C18H22FNO3. The van der Waals surface area contributed by atoms with Crippen LogP contribution in [0, 0.1) is 5.95 Å². The number of pyridine rings is 1. The van der Waals surface area contributed by atoms with Crippen LogP contribution in [0.5, 0.6) is 0 Å². The molecule has 0 bridgehead atoms. The van der Waals surface area contributed by atoms with Gasteiger partial charge in [0.1, 0.15) is 0 Å². The minimum atomic E-state index is -0.870. The number of carboxylic acids is 1. The van der Waals surface area contributed by atoms with E-state index in [0.717, 1.165) is 23.2 Å². The van der Waals surface area contributed by atoms with Crippen LogP contribution in [0.3, 0.4) is 0 Å². The van der Waals surface area contributed by atoms with Crippen LogP contribution in [-0.4, -0.2) is 26.7 Å². The summed E-state index contributed by atoms with van der Waals surface area (Å²) in [6.07, 6.45) is 1.91. The van der Waals surface area contributed by atoms with Crippen LogP contribution < -0.4 is 0 Å². The van der Waals surface area contributed by atoms with Gasteiger partial charge >= 0.3 is 5.97 Å². The van der Waals surface area contributed by atoms with Gasteiger partial charge in [0.2, 0.25) is 0 Å². The van der Waals surface area contributed by atoms with E-state index in [0.29, 0.717) is 24.8 Å². The van der Waals surface area contributed by atoms with E-state index in [1.807, 2.05) is 13.8 Å². The van der Waals surface area contributed by atoms with Crippen LogP contribution in [0.1, 0.15) is 61.8 Å². The standard InChI is InChI=1S/C18H22FNO3/c1-3-5-12(18(22)23)16-11-8-9-14(21)10(2)17(11)20-13(16)6-4-7-15(20)19/h4,6-7,10,12,14,21H,3,5,8-9H2,1-2H3,(H,22,23). The summed E-state index contributed by atoms with van der Waals surface area (Å²) in [5.74, 6) is -2.13. The third-order valence-corrected chi connectivity index (χ3v) is 5.02. The lowest BCUT2D eigenvalue weighted by Gasteiger charge is -2.26. The molecule has 0 saturated heterocycles. The highest BCUT2D eigenvalue weighted by Crippen LogP contribution is 2.41. The maximum Gasteiger partial charge on any atom is 0.311 e. The molecule has 23 heavy (non-hydrogen) atoms. The van der Waals surface area contributed by atoms with Gasteiger partial charge in [-0.2, -0.15) is 4.39 Å². The lowest BCUT2D eigenvalue weighted by molar-refractivity contribution is -0.139. The molecule has 3 rings (SSSR count). The first-order chi connectivity index (χ1) is 11.0. The second-order valence-corrected chi connectivity index (χ2v) is 6.42. The normalized spacial score (nSPS) is 22.1. The maximum absolute atomic E-state index is 14.5. The number of aromatic nitrogens is 1. The van der Waals surface area contributed by atoms with Crippen LogP contribution in [0.2, 0.25) is 0 Å². The Kier molecular flexibility index (Phi) is 4.15. The van der Waals surface area contributed by atoms with Crippen LogP contribution in [0.25, 0.3) is 5.52 Å². The van der Waals surface area contributed by atoms with Crippen molar-refractivity contribution in [3.8, 4) is 0 Å². The van der Waals surface area contributed by atoms with E-state index in [1.54, 1.807) is 12.1 Å². The second kappa shape index (κ2) is 5.96. The predicted molar refractivity (Wildman–Crippen MR) is 85.4 cm³/mol. The van der Waals surface area contributed by atoms with Crippen molar-refractivity contribution >= 4 is 11.5 Å². The fourth-order valence-corrected chi connectivity index (χ4v) is 3.90.